The van der Waals surface area contributed by atoms with Crippen LogP contribution in [-0.2, 0) is 16.0 Å². The third-order valence-corrected chi connectivity index (χ3v) is 5.84. The van der Waals surface area contributed by atoms with Gasteiger partial charge < -0.3 is 25.0 Å². The normalized spacial score (nSPS) is 15.9. The highest BCUT2D eigenvalue weighted by Crippen LogP contribution is 2.40. The number of H-pyrrole nitrogens is 1. The molecule has 0 saturated carbocycles. The number of phenols is 1. The fraction of sp³-hybridized carbons (Fsp3) is 0.360. The van der Waals surface area contributed by atoms with Gasteiger partial charge in [0.15, 0.2) is 0 Å². The second-order valence-electron chi connectivity index (χ2n) is 9.22. The smallest absolute Gasteiger partial charge is 0.407 e. The van der Waals surface area contributed by atoms with Gasteiger partial charge in [-0.3, -0.25) is 4.79 Å². The van der Waals surface area contributed by atoms with Crippen molar-refractivity contribution in [2.45, 2.75) is 45.3 Å². The van der Waals surface area contributed by atoms with E-state index in [9.17, 15) is 14.7 Å². The zero-order valence-electron chi connectivity index (χ0n) is 18.9. The Balaban J connectivity index is 1.60. The summed E-state index contributed by atoms with van der Waals surface area (Å²) >= 11 is 6.24. The Labute approximate surface area is 197 Å². The van der Waals surface area contributed by atoms with Crippen LogP contribution in [0.2, 0.25) is 5.02 Å². The maximum Gasteiger partial charge on any atom is 0.407 e. The summed E-state index contributed by atoms with van der Waals surface area (Å²) in [7, 11) is 0. The number of aromatic nitrogens is 1. The largest absolute Gasteiger partial charge is 0.508 e. The van der Waals surface area contributed by atoms with E-state index in [4.69, 9.17) is 16.3 Å². The molecule has 0 saturated heterocycles. The number of fused-ring (bicyclic) bond motifs is 3. The van der Waals surface area contributed by atoms with Gasteiger partial charge >= 0.3 is 6.09 Å². The molecule has 1 aliphatic heterocycles. The maximum absolute atomic E-state index is 13.2. The standard InChI is InChI=1S/C25H28ClN3O4/c1-25(2,3)33-24(32)27-11-9-21(31)29-12-10-18-19-14-16(26)7-8-20(19)28-22(18)23(29)15-5-4-6-17(30)13-15/h4-8,13-14,23,28,30H,9-12H2,1-3H3,(H,27,32). The minimum Gasteiger partial charge on any atom is -0.508 e. The molecule has 174 valence electrons. The lowest BCUT2D eigenvalue weighted by molar-refractivity contribution is -0.133. The van der Waals surface area contributed by atoms with Gasteiger partial charge in [-0.25, -0.2) is 4.79 Å². The van der Waals surface area contributed by atoms with Gasteiger partial charge in [-0.15, -0.1) is 0 Å². The monoisotopic (exact) mass is 469 g/mol. The molecule has 0 fully saturated rings. The number of rotatable bonds is 4. The molecule has 2 heterocycles. The molecule has 2 aromatic carbocycles. The summed E-state index contributed by atoms with van der Waals surface area (Å²) in [5, 5.41) is 14.4. The van der Waals surface area contributed by atoms with Crippen LogP contribution < -0.4 is 5.32 Å². The average molecular weight is 470 g/mol. The maximum atomic E-state index is 13.2. The van der Waals surface area contributed by atoms with E-state index < -0.39 is 11.7 Å². The van der Waals surface area contributed by atoms with Crippen molar-refractivity contribution in [1.29, 1.82) is 0 Å². The number of alkyl carbamates (subject to hydrolysis) is 1. The number of amides is 2. The summed E-state index contributed by atoms with van der Waals surface area (Å²) in [5.41, 5.74) is 3.20. The predicted octanol–water partition coefficient (Wildman–Crippen LogP) is 4.92. The molecule has 33 heavy (non-hydrogen) atoms. The quantitative estimate of drug-likeness (QED) is 0.505. The SMILES string of the molecule is CC(C)(C)OC(=O)NCCC(=O)N1CCc2c([nH]c3ccc(Cl)cc23)C1c1cccc(O)c1. The molecular formula is C25H28ClN3O4. The van der Waals surface area contributed by atoms with E-state index in [0.717, 1.165) is 27.7 Å². The minimum absolute atomic E-state index is 0.0956. The van der Waals surface area contributed by atoms with Gasteiger partial charge in [-0.05, 0) is 68.7 Å². The van der Waals surface area contributed by atoms with Crippen LogP contribution in [0.25, 0.3) is 10.9 Å². The summed E-state index contributed by atoms with van der Waals surface area (Å²) in [5.74, 6) is 0.0412. The zero-order valence-corrected chi connectivity index (χ0v) is 19.7. The number of carbonyl (C=O) groups is 2. The molecule has 1 aliphatic rings. The van der Waals surface area contributed by atoms with Crippen molar-refractivity contribution in [1.82, 2.24) is 15.2 Å². The summed E-state index contributed by atoms with van der Waals surface area (Å²) in [4.78, 5) is 30.4. The molecule has 7 nitrogen and oxygen atoms in total. The van der Waals surface area contributed by atoms with E-state index >= 15 is 0 Å². The highest BCUT2D eigenvalue weighted by atomic mass is 35.5. The molecule has 3 N–H and O–H groups in total. The van der Waals surface area contributed by atoms with Crippen LogP contribution in [-0.4, -0.2) is 45.7 Å². The van der Waals surface area contributed by atoms with Crippen LogP contribution in [0.1, 0.15) is 50.1 Å². The van der Waals surface area contributed by atoms with Crippen LogP contribution in [0.4, 0.5) is 4.79 Å². The van der Waals surface area contributed by atoms with Crippen LogP contribution in [0.5, 0.6) is 5.75 Å². The lowest BCUT2D eigenvalue weighted by atomic mass is 9.92. The number of nitrogens with zero attached hydrogens (tertiary/aromatic N) is 1. The highest BCUT2D eigenvalue weighted by Gasteiger charge is 2.34. The number of ether oxygens (including phenoxy) is 1. The molecule has 1 atom stereocenters. The van der Waals surface area contributed by atoms with Crippen LogP contribution >= 0.6 is 11.6 Å². The Kier molecular flexibility index (Phi) is 6.26. The fourth-order valence-corrected chi connectivity index (χ4v) is 4.47. The first kappa shape index (κ1) is 23.0. The Morgan fingerprint density at radius 3 is 2.76 bits per heavy atom. The van der Waals surface area contributed by atoms with Crippen molar-refractivity contribution >= 4 is 34.5 Å². The lowest BCUT2D eigenvalue weighted by Crippen LogP contribution is -2.42. The van der Waals surface area contributed by atoms with Crippen molar-refractivity contribution in [2.75, 3.05) is 13.1 Å². The van der Waals surface area contributed by atoms with E-state index in [2.05, 4.69) is 10.3 Å². The molecule has 1 unspecified atom stereocenters. The summed E-state index contributed by atoms with van der Waals surface area (Å²) in [6.07, 6.45) is 0.264. The topological polar surface area (TPSA) is 94.7 Å². The summed E-state index contributed by atoms with van der Waals surface area (Å²) in [6.45, 7) is 6.05. The number of phenolic OH excluding ortho intramolecular Hbond substituents is 1. The van der Waals surface area contributed by atoms with Crippen LogP contribution in [0.3, 0.4) is 0 Å². The number of carbonyl (C=O) groups excluding carboxylic acids is 2. The van der Waals surface area contributed by atoms with Gasteiger partial charge in [0.25, 0.3) is 0 Å². The first-order valence-electron chi connectivity index (χ1n) is 11.0. The van der Waals surface area contributed by atoms with Crippen LogP contribution in [0.15, 0.2) is 42.5 Å². The molecule has 3 aromatic rings. The Bertz CT molecular complexity index is 1200. The van der Waals surface area contributed by atoms with Crippen molar-refractivity contribution in [3.05, 3.63) is 64.3 Å². The molecule has 1 aromatic heterocycles. The number of aromatic hydroxyl groups is 1. The number of aromatic amines is 1. The van der Waals surface area contributed by atoms with E-state index in [-0.39, 0.29) is 30.7 Å². The van der Waals surface area contributed by atoms with Gasteiger partial charge in [0.2, 0.25) is 5.91 Å². The number of halogens is 1. The Hall–Kier alpha value is -3.19. The summed E-state index contributed by atoms with van der Waals surface area (Å²) < 4.78 is 5.24. The molecular weight excluding hydrogens is 442 g/mol. The van der Waals surface area contributed by atoms with Gasteiger partial charge in [0.1, 0.15) is 11.4 Å². The number of benzene rings is 2. The minimum atomic E-state index is -0.601. The van der Waals surface area contributed by atoms with Crippen LogP contribution in [0, 0.1) is 0 Å². The summed E-state index contributed by atoms with van der Waals surface area (Å²) in [6, 6.07) is 12.3. The fourth-order valence-electron chi connectivity index (χ4n) is 4.30. The molecule has 4 rings (SSSR count). The first-order valence-corrected chi connectivity index (χ1v) is 11.4. The van der Waals surface area contributed by atoms with E-state index in [1.165, 1.54) is 0 Å². The molecule has 0 spiro atoms. The number of nitrogens with one attached hydrogen (secondary N) is 2. The van der Waals surface area contributed by atoms with Gasteiger partial charge in [-0.1, -0.05) is 23.7 Å². The third-order valence-electron chi connectivity index (χ3n) is 5.60. The molecule has 0 radical (unpaired) electrons. The van der Waals surface area contributed by atoms with E-state index in [1.807, 2.05) is 24.3 Å². The third kappa shape index (κ3) is 5.09. The van der Waals surface area contributed by atoms with Gasteiger partial charge in [0, 0.05) is 41.1 Å². The second kappa shape index (κ2) is 8.98. The Morgan fingerprint density at radius 1 is 1.24 bits per heavy atom. The molecule has 0 aliphatic carbocycles. The van der Waals surface area contributed by atoms with Crippen molar-refractivity contribution in [3.63, 3.8) is 0 Å². The Morgan fingerprint density at radius 2 is 2.03 bits per heavy atom. The lowest BCUT2D eigenvalue weighted by Gasteiger charge is -2.36. The number of hydrogen-bond donors (Lipinski definition) is 3. The van der Waals surface area contributed by atoms with Crippen molar-refractivity contribution in [3.8, 4) is 5.75 Å². The van der Waals surface area contributed by atoms with Crippen molar-refractivity contribution < 1.29 is 19.4 Å². The number of hydrogen-bond acceptors (Lipinski definition) is 4. The molecule has 0 bridgehead atoms. The zero-order chi connectivity index (χ0) is 23.8. The van der Waals surface area contributed by atoms with Crippen molar-refractivity contribution in [2.24, 2.45) is 0 Å². The first-order chi connectivity index (χ1) is 15.6. The van der Waals surface area contributed by atoms with E-state index in [1.54, 1.807) is 43.9 Å². The second-order valence-corrected chi connectivity index (χ2v) is 9.66. The molecule has 8 heteroatoms. The van der Waals surface area contributed by atoms with E-state index in [0.29, 0.717) is 18.0 Å². The predicted molar refractivity (Wildman–Crippen MR) is 128 cm³/mol. The molecule has 2 amide bonds. The highest BCUT2D eigenvalue weighted by molar-refractivity contribution is 6.31. The van der Waals surface area contributed by atoms with Gasteiger partial charge in [0.05, 0.1) is 6.04 Å². The van der Waals surface area contributed by atoms with Gasteiger partial charge in [-0.2, -0.15) is 0 Å². The average Bonchev–Trinajstić information content (AvgIpc) is 3.09.